The topological polar surface area (TPSA) is 593 Å². The Hall–Kier alpha value is -3.47. The van der Waals surface area contributed by atoms with Crippen LogP contribution in [0.1, 0.15) is 0 Å². The monoisotopic (exact) mass is 1100 g/mol. The minimum atomic E-state index is -1.44. The second-order valence-corrected chi connectivity index (χ2v) is 7.51. The Bertz CT molecular complexity index is 1080. The molecule has 320 valence electrons. The van der Waals surface area contributed by atoms with Crippen LogP contribution in [0.2, 0.25) is 0 Å². The van der Waals surface area contributed by atoms with E-state index in [1.165, 1.54) is 48.5 Å². The summed E-state index contributed by atoms with van der Waals surface area (Å²) in [6.07, 6.45) is 0. The fraction of sp³-hybridized carbons (Fsp3) is 0.250. The largest absolute Gasteiger partial charge is 3.00 e. The smallest absolute Gasteiger partial charge is 0.548 e. The fourth-order valence-corrected chi connectivity index (χ4v) is 2.89. The summed E-state index contributed by atoms with van der Waals surface area (Å²) in [6, 6.07) is 11.0. The van der Waals surface area contributed by atoms with Crippen LogP contribution in [0.3, 0.4) is 0 Å². The second-order valence-electron chi connectivity index (χ2n) is 7.51. The van der Waals surface area contributed by atoms with Crippen LogP contribution in [-0.4, -0.2) is 86.2 Å². The van der Waals surface area contributed by atoms with Crippen molar-refractivity contribution in [3.8, 4) is 11.5 Å². The summed E-state index contributed by atoms with van der Waals surface area (Å²) in [6.45, 7) is -3.72. The van der Waals surface area contributed by atoms with Crippen LogP contribution in [-0.2, 0) is 72.6 Å². The molecule has 0 saturated carbocycles. The van der Waals surface area contributed by atoms with E-state index in [9.17, 15) is 59.4 Å². The van der Waals surface area contributed by atoms with E-state index in [4.69, 9.17) is 9.47 Å². The van der Waals surface area contributed by atoms with Gasteiger partial charge in [-0.25, -0.2) is 0 Å². The number of carbonyl (C=O) groups excluding carboxylic acids is 6. The van der Waals surface area contributed by atoms with Crippen molar-refractivity contribution in [2.75, 3.05) is 49.2 Å². The Kier molecular flexibility index (Phi) is 69.0. The number of nitrogens with zero attached hydrogens (tertiary/aromatic N) is 2. The van der Waals surface area contributed by atoms with Gasteiger partial charge in [0.2, 0.25) is 0 Å². The molecule has 0 aliphatic rings. The molecule has 0 radical (unpaired) electrons. The molecule has 0 heterocycles. The van der Waals surface area contributed by atoms with E-state index in [0.29, 0.717) is 11.4 Å². The van der Waals surface area contributed by atoms with Gasteiger partial charge in [-0.1, -0.05) is 0 Å². The Labute approximate surface area is 351 Å². The Morgan fingerprint density at radius 2 is 0.596 bits per heavy atom. The first-order valence-electron chi connectivity index (χ1n) is 10.9. The molecule has 52 heavy (non-hydrogen) atoms. The summed E-state index contributed by atoms with van der Waals surface area (Å²) < 4.78 is 9.65. The van der Waals surface area contributed by atoms with Gasteiger partial charge in [0.05, 0.1) is 62.0 Å². The average Bonchev–Trinajstić information content (AvgIpc) is 2.85. The Morgan fingerprint density at radius 3 is 0.750 bits per heavy atom. The van der Waals surface area contributed by atoms with Gasteiger partial charge >= 0.3 is 73.7 Å². The zero-order valence-electron chi connectivity index (χ0n) is 26.6. The van der Waals surface area contributed by atoms with Gasteiger partial charge in [-0.05, 0) is 48.5 Å². The quantitative estimate of drug-likeness (QED) is 0.141. The SMILES string of the molecule is O.O.O=C([O-])COc1ccc(N(CC(=O)[O-])CC(=O)[O-])cc1.O=C([O-])COc1ccc(N(CC(=O)[O-])CC(=O)[O-])cc1.[Lu+3].[Lu+3].[OH3+].[OH3+].[OH3+].[OH3+].[OH3+].[OH3+].[OH3+].[OH3+]. The molecule has 0 fully saturated rings. The molecule has 0 aliphatic carbocycles. The van der Waals surface area contributed by atoms with Crippen molar-refractivity contribution in [1.29, 1.82) is 0 Å². The third-order valence-corrected chi connectivity index (χ3v) is 4.40. The molecule has 28 N–H and O–H groups in total. The summed E-state index contributed by atoms with van der Waals surface area (Å²) in [4.78, 5) is 64.6. The number of rotatable bonds is 16. The van der Waals surface area contributed by atoms with Crippen molar-refractivity contribution in [2.24, 2.45) is 0 Å². The number of aliphatic carboxylic acids is 6. The standard InChI is InChI=1S/2C12H13NO7.2Lu.10H2O/c2*14-10(15)5-13(6-11(16)17)8-1-3-9(4-2-8)20-7-12(18)19;;;;;;;;;;;;/h2*1-4H,5-7H2,(H,14,15)(H,16,17)(H,18,19);;;10*1H2/q;;2*+3;;;;;;;;;;/p+2. The van der Waals surface area contributed by atoms with Crippen molar-refractivity contribution in [1.82, 2.24) is 0 Å². The molecule has 0 atom stereocenters. The fourth-order valence-electron chi connectivity index (χ4n) is 2.89. The van der Waals surface area contributed by atoms with Crippen LogP contribution in [0.25, 0.3) is 0 Å². The molecule has 26 nitrogen and oxygen atoms in total. The van der Waals surface area contributed by atoms with E-state index in [-0.39, 0.29) is 140 Å². The van der Waals surface area contributed by atoms with E-state index in [1.54, 1.807) is 0 Å². The number of ether oxygens (including phenoxy) is 2. The third kappa shape index (κ3) is 37.8. The number of anilines is 2. The molecule has 2 rings (SSSR count). The van der Waals surface area contributed by atoms with Crippen molar-refractivity contribution >= 4 is 47.2 Å². The average molecular weight is 1100 g/mol. The number of carbonyl (C=O) groups is 6. The molecule has 2 aromatic rings. The van der Waals surface area contributed by atoms with Gasteiger partial charge in [-0.3, -0.25) is 0 Å². The molecular weight excluding hydrogens is 1050 g/mol. The van der Waals surface area contributed by atoms with Crippen LogP contribution < -0.4 is 49.9 Å². The van der Waals surface area contributed by atoms with Crippen LogP contribution in [0.4, 0.5) is 11.4 Å². The molecule has 0 aromatic heterocycles. The van der Waals surface area contributed by atoms with Gasteiger partial charge in [0.25, 0.3) is 0 Å². The summed E-state index contributed by atoms with van der Waals surface area (Å²) in [7, 11) is 0. The van der Waals surface area contributed by atoms with Gasteiger partial charge in [-0.15, -0.1) is 0 Å². The molecule has 28 heteroatoms. The predicted molar refractivity (Wildman–Crippen MR) is 165 cm³/mol. The van der Waals surface area contributed by atoms with Gasteiger partial charge < -0.3 is 133 Å². The van der Waals surface area contributed by atoms with Crippen LogP contribution in [0.5, 0.6) is 11.5 Å². The summed E-state index contributed by atoms with van der Waals surface area (Å²) in [5.74, 6) is -8.09. The molecule has 0 unspecified atom stereocenters. The second kappa shape index (κ2) is 43.7. The molecule has 0 bridgehead atoms. The Morgan fingerprint density at radius 1 is 0.404 bits per heavy atom. The number of carboxylic acid groups (broad SMARTS) is 6. The van der Waals surface area contributed by atoms with Crippen LogP contribution in [0, 0.1) is 73.7 Å². The maximum absolute atomic E-state index is 10.5. The van der Waals surface area contributed by atoms with Crippen molar-refractivity contribution in [3.63, 3.8) is 0 Å². The third-order valence-electron chi connectivity index (χ3n) is 4.40. The van der Waals surface area contributed by atoms with Crippen LogP contribution >= 0.6 is 0 Å². The number of carboxylic acids is 6. The number of hydrogen-bond donors (Lipinski definition) is 0. The molecular formula is C24H48Lu2N2O24+8. The van der Waals surface area contributed by atoms with Gasteiger partial charge in [-0.2, -0.15) is 0 Å². The van der Waals surface area contributed by atoms with E-state index in [1.807, 2.05) is 0 Å². The first kappa shape index (κ1) is 82.2. The maximum Gasteiger partial charge on any atom is 3.00 e. The number of benzene rings is 2. The predicted octanol–water partition coefficient (Wildman–Crippen LogP) is -16.8. The zero-order valence-corrected chi connectivity index (χ0v) is 29.9. The van der Waals surface area contributed by atoms with Gasteiger partial charge in [0.1, 0.15) is 24.7 Å². The van der Waals surface area contributed by atoms with E-state index >= 15 is 0 Å². The van der Waals surface area contributed by atoms with Gasteiger partial charge in [0, 0.05) is 11.4 Å². The van der Waals surface area contributed by atoms with Crippen LogP contribution in [0.15, 0.2) is 48.5 Å². The Balaban J connectivity index is -0.0000000500. The molecule has 0 aliphatic heterocycles. The minimum absolute atomic E-state index is 0. The first-order valence-corrected chi connectivity index (χ1v) is 10.9. The summed E-state index contributed by atoms with van der Waals surface area (Å²) in [5, 5.41) is 62.6. The van der Waals surface area contributed by atoms with Crippen molar-refractivity contribution < 1.29 is 197 Å². The summed E-state index contributed by atoms with van der Waals surface area (Å²) >= 11 is 0. The molecule has 0 spiro atoms. The number of hydrogen-bond acceptors (Lipinski definition) is 16. The van der Waals surface area contributed by atoms with Crippen molar-refractivity contribution in [3.05, 3.63) is 48.5 Å². The van der Waals surface area contributed by atoms with E-state index < -0.39 is 75.2 Å². The molecule has 2 aromatic carbocycles. The van der Waals surface area contributed by atoms with E-state index in [2.05, 4.69) is 0 Å². The summed E-state index contributed by atoms with van der Waals surface area (Å²) in [5.41, 5.74) is 0.582. The maximum atomic E-state index is 10.5. The minimum Gasteiger partial charge on any atom is -0.548 e. The molecule has 0 saturated heterocycles. The normalized spacial score (nSPS) is 7.54. The zero-order chi connectivity index (χ0) is 30.2. The van der Waals surface area contributed by atoms with E-state index in [0.717, 1.165) is 9.80 Å². The first-order chi connectivity index (χ1) is 18.8. The molecule has 0 amide bonds. The van der Waals surface area contributed by atoms with Crippen molar-refractivity contribution in [2.45, 2.75) is 0 Å². The van der Waals surface area contributed by atoms with Gasteiger partial charge in [0.15, 0.2) is 0 Å².